The van der Waals surface area contributed by atoms with E-state index in [4.69, 9.17) is 0 Å². The molecule has 0 spiro atoms. The van der Waals surface area contributed by atoms with E-state index in [1.54, 1.807) is 11.4 Å². The van der Waals surface area contributed by atoms with Gasteiger partial charge in [-0.15, -0.1) is 11.3 Å². The Kier molecular flexibility index (Phi) is 4.34. The fourth-order valence-electron chi connectivity index (χ4n) is 1.38. The third-order valence-corrected chi connectivity index (χ3v) is 5.66. The van der Waals surface area contributed by atoms with Crippen LogP contribution in [0.5, 0.6) is 0 Å². The molecule has 1 aromatic carbocycles. The topological polar surface area (TPSA) is 46.2 Å². The third kappa shape index (κ3) is 3.38. The second-order valence-electron chi connectivity index (χ2n) is 3.59. The molecule has 0 aliphatic carbocycles. The van der Waals surface area contributed by atoms with Gasteiger partial charge in [0.25, 0.3) is 0 Å². The van der Waals surface area contributed by atoms with Crippen molar-refractivity contribution in [1.29, 1.82) is 0 Å². The molecule has 0 saturated carbocycles. The second-order valence-corrected chi connectivity index (χ2v) is 7.18. The van der Waals surface area contributed by atoms with E-state index in [1.807, 2.05) is 0 Å². The van der Waals surface area contributed by atoms with Crippen LogP contribution in [0.3, 0.4) is 0 Å². The van der Waals surface area contributed by atoms with Gasteiger partial charge in [-0.2, -0.15) is 0 Å². The summed E-state index contributed by atoms with van der Waals surface area (Å²) < 4.78 is 53.0. The third-order valence-electron chi connectivity index (χ3n) is 2.30. The van der Waals surface area contributed by atoms with Crippen molar-refractivity contribution in [3.63, 3.8) is 0 Å². The lowest BCUT2D eigenvalue weighted by Crippen LogP contribution is -2.24. The molecule has 2 rings (SSSR count). The Morgan fingerprint density at radius 3 is 2.58 bits per heavy atom. The highest BCUT2D eigenvalue weighted by Crippen LogP contribution is 2.23. The minimum Gasteiger partial charge on any atom is -0.207 e. The van der Waals surface area contributed by atoms with Crippen LogP contribution in [0.1, 0.15) is 4.88 Å². The van der Waals surface area contributed by atoms with E-state index < -0.39 is 26.6 Å². The van der Waals surface area contributed by atoms with Crippen molar-refractivity contribution in [2.45, 2.75) is 11.4 Å². The van der Waals surface area contributed by atoms with E-state index >= 15 is 0 Å². The molecule has 102 valence electrons. The number of sulfonamides is 1. The fraction of sp³-hybridized carbons (Fsp3) is 0.0909. The summed E-state index contributed by atoms with van der Waals surface area (Å²) in [6.45, 7) is 0.0391. The lowest BCUT2D eigenvalue weighted by atomic mass is 10.3. The van der Waals surface area contributed by atoms with Gasteiger partial charge in [0.1, 0.15) is 16.5 Å². The molecule has 0 bridgehead atoms. The first-order valence-electron chi connectivity index (χ1n) is 5.07. The predicted octanol–water partition coefficient (Wildman–Crippen LogP) is 3.27. The zero-order valence-electron chi connectivity index (χ0n) is 9.36. The first-order chi connectivity index (χ1) is 8.90. The first kappa shape index (κ1) is 14.6. The van der Waals surface area contributed by atoms with Crippen LogP contribution >= 0.6 is 27.3 Å². The van der Waals surface area contributed by atoms with Crippen LogP contribution in [-0.4, -0.2) is 8.42 Å². The molecule has 8 heteroatoms. The van der Waals surface area contributed by atoms with Gasteiger partial charge in [-0.05, 0) is 39.5 Å². The molecule has 0 radical (unpaired) electrons. The van der Waals surface area contributed by atoms with Gasteiger partial charge in [0.15, 0.2) is 0 Å². The molecule has 0 aliphatic rings. The Balaban J connectivity index is 2.21. The number of thiophene rings is 1. The van der Waals surface area contributed by atoms with Crippen molar-refractivity contribution in [3.05, 3.63) is 50.6 Å². The molecular weight excluding hydrogens is 360 g/mol. The molecule has 1 N–H and O–H groups in total. The quantitative estimate of drug-likeness (QED) is 0.901. The zero-order chi connectivity index (χ0) is 14.0. The molecule has 2 aromatic rings. The van der Waals surface area contributed by atoms with E-state index in [1.165, 1.54) is 11.3 Å². The standard InChI is InChI=1S/C11H8BrF2NO2S2/c12-8-3-4-18-10(8)6-15-19(16,17)11-2-1-7(13)5-9(11)14/h1-5,15H,6H2. The van der Waals surface area contributed by atoms with Crippen LogP contribution in [0.15, 0.2) is 39.0 Å². The SMILES string of the molecule is O=S(=O)(NCc1sccc1Br)c1ccc(F)cc1F. The number of rotatable bonds is 4. The van der Waals surface area contributed by atoms with Crippen LogP contribution in [0.2, 0.25) is 0 Å². The summed E-state index contributed by atoms with van der Waals surface area (Å²) in [6, 6.07) is 4.12. The highest BCUT2D eigenvalue weighted by atomic mass is 79.9. The molecule has 0 atom stereocenters. The van der Waals surface area contributed by atoms with Gasteiger partial charge in [0.05, 0.1) is 0 Å². The van der Waals surface area contributed by atoms with Gasteiger partial charge in [-0.1, -0.05) is 0 Å². The van der Waals surface area contributed by atoms with Crippen molar-refractivity contribution in [3.8, 4) is 0 Å². The van der Waals surface area contributed by atoms with Crippen molar-refractivity contribution in [2.75, 3.05) is 0 Å². The molecule has 0 unspecified atom stereocenters. The lowest BCUT2D eigenvalue weighted by molar-refractivity contribution is 0.543. The van der Waals surface area contributed by atoms with E-state index in [2.05, 4.69) is 20.7 Å². The number of hydrogen-bond acceptors (Lipinski definition) is 3. The number of nitrogens with one attached hydrogen (secondary N) is 1. The normalized spacial score (nSPS) is 11.7. The first-order valence-corrected chi connectivity index (χ1v) is 8.22. The van der Waals surface area contributed by atoms with Crippen LogP contribution in [0.4, 0.5) is 8.78 Å². The van der Waals surface area contributed by atoms with Gasteiger partial charge in [0, 0.05) is 22.0 Å². The van der Waals surface area contributed by atoms with Crippen LogP contribution < -0.4 is 4.72 Å². The van der Waals surface area contributed by atoms with Gasteiger partial charge in [0.2, 0.25) is 10.0 Å². The summed E-state index contributed by atoms with van der Waals surface area (Å²) in [7, 11) is -4.01. The van der Waals surface area contributed by atoms with Crippen molar-refractivity contribution in [2.24, 2.45) is 0 Å². The molecular formula is C11H8BrF2NO2S2. The van der Waals surface area contributed by atoms with Gasteiger partial charge < -0.3 is 0 Å². The predicted molar refractivity (Wildman–Crippen MR) is 72.4 cm³/mol. The molecule has 0 fully saturated rings. The average Bonchev–Trinajstić information content (AvgIpc) is 2.72. The number of benzene rings is 1. The molecule has 19 heavy (non-hydrogen) atoms. The molecule has 0 amide bonds. The molecule has 3 nitrogen and oxygen atoms in total. The van der Waals surface area contributed by atoms with Crippen LogP contribution in [-0.2, 0) is 16.6 Å². The zero-order valence-corrected chi connectivity index (χ0v) is 12.6. The van der Waals surface area contributed by atoms with Gasteiger partial charge in [-0.25, -0.2) is 21.9 Å². The number of hydrogen-bond donors (Lipinski definition) is 1. The average molecular weight is 368 g/mol. The minimum atomic E-state index is -4.01. The van der Waals surface area contributed by atoms with Crippen molar-refractivity contribution >= 4 is 37.3 Å². The summed E-state index contributed by atoms with van der Waals surface area (Å²) in [5.74, 6) is -1.94. The van der Waals surface area contributed by atoms with E-state index in [-0.39, 0.29) is 6.54 Å². The molecule has 1 heterocycles. The van der Waals surface area contributed by atoms with E-state index in [0.29, 0.717) is 6.07 Å². The summed E-state index contributed by atoms with van der Waals surface area (Å²) in [4.78, 5) is 0.202. The largest absolute Gasteiger partial charge is 0.243 e. The Morgan fingerprint density at radius 2 is 2.00 bits per heavy atom. The van der Waals surface area contributed by atoms with Gasteiger partial charge in [-0.3, -0.25) is 0 Å². The molecule has 1 aromatic heterocycles. The van der Waals surface area contributed by atoms with E-state index in [0.717, 1.165) is 21.5 Å². The van der Waals surface area contributed by atoms with Crippen LogP contribution in [0, 0.1) is 11.6 Å². The molecule has 0 saturated heterocycles. The van der Waals surface area contributed by atoms with E-state index in [9.17, 15) is 17.2 Å². The van der Waals surface area contributed by atoms with Crippen LogP contribution in [0.25, 0.3) is 0 Å². The van der Waals surface area contributed by atoms with Crippen molar-refractivity contribution in [1.82, 2.24) is 4.72 Å². The van der Waals surface area contributed by atoms with Crippen molar-refractivity contribution < 1.29 is 17.2 Å². The Bertz CT molecular complexity index is 700. The second kappa shape index (κ2) is 5.66. The summed E-state index contributed by atoms with van der Waals surface area (Å²) in [5, 5.41) is 1.80. The summed E-state index contributed by atoms with van der Waals surface area (Å²) in [5.41, 5.74) is 0. The lowest BCUT2D eigenvalue weighted by Gasteiger charge is -2.07. The monoisotopic (exact) mass is 367 g/mol. The number of halogens is 3. The summed E-state index contributed by atoms with van der Waals surface area (Å²) in [6.07, 6.45) is 0. The smallest absolute Gasteiger partial charge is 0.207 e. The maximum Gasteiger partial charge on any atom is 0.243 e. The van der Waals surface area contributed by atoms with Gasteiger partial charge >= 0.3 is 0 Å². The summed E-state index contributed by atoms with van der Waals surface area (Å²) >= 11 is 4.63. The highest BCUT2D eigenvalue weighted by molar-refractivity contribution is 9.10. The fourth-order valence-corrected chi connectivity index (χ4v) is 3.96. The Morgan fingerprint density at radius 1 is 1.26 bits per heavy atom. The maximum atomic E-state index is 13.4. The molecule has 0 aliphatic heterocycles. The minimum absolute atomic E-state index is 0.0391. The maximum absolute atomic E-state index is 13.4. The Hall–Kier alpha value is -0.830. The Labute approximate surface area is 121 Å². The highest BCUT2D eigenvalue weighted by Gasteiger charge is 2.19.